The first-order chi connectivity index (χ1) is 11.4. The van der Waals surface area contributed by atoms with Crippen LogP contribution in [0.15, 0.2) is 24.5 Å². The second-order valence-corrected chi connectivity index (χ2v) is 8.60. The third-order valence-corrected chi connectivity index (χ3v) is 5.99. The van der Waals surface area contributed by atoms with Crippen LogP contribution in [-0.2, 0) is 14.8 Å². The molecule has 1 spiro atoms. The number of hydrogen-bond acceptors (Lipinski definition) is 5. The van der Waals surface area contributed by atoms with E-state index in [1.54, 1.807) is 18.3 Å². The summed E-state index contributed by atoms with van der Waals surface area (Å²) in [5, 5.41) is 2.88. The highest BCUT2D eigenvalue weighted by atomic mass is 32.2. The Kier molecular flexibility index (Phi) is 4.89. The van der Waals surface area contributed by atoms with Crippen molar-refractivity contribution in [3.05, 3.63) is 30.1 Å². The number of pyridine rings is 1. The van der Waals surface area contributed by atoms with Gasteiger partial charge in [0.2, 0.25) is 10.0 Å². The number of nitrogens with zero attached hydrogens (tertiary/aromatic N) is 2. The normalized spacial score (nSPS) is 28.1. The van der Waals surface area contributed by atoms with Gasteiger partial charge in [-0.1, -0.05) is 0 Å². The fourth-order valence-corrected chi connectivity index (χ4v) is 4.36. The molecule has 2 saturated heterocycles. The van der Waals surface area contributed by atoms with E-state index in [0.717, 1.165) is 19.3 Å². The van der Waals surface area contributed by atoms with Crippen molar-refractivity contribution in [2.75, 3.05) is 25.9 Å². The van der Waals surface area contributed by atoms with Gasteiger partial charge in [-0.05, 0) is 37.8 Å². The lowest BCUT2D eigenvalue weighted by atomic mass is 9.90. The summed E-state index contributed by atoms with van der Waals surface area (Å²) in [5.41, 5.74) is 0.123. The molecule has 1 aromatic heterocycles. The highest BCUT2D eigenvalue weighted by Crippen LogP contribution is 2.37. The zero-order valence-electron chi connectivity index (χ0n) is 13.8. The summed E-state index contributed by atoms with van der Waals surface area (Å²) < 4.78 is 31.1. The summed E-state index contributed by atoms with van der Waals surface area (Å²) in [7, 11) is -3.18. The molecule has 0 radical (unpaired) electrons. The minimum absolute atomic E-state index is 0.0844. The monoisotopic (exact) mass is 353 g/mol. The fraction of sp³-hybridized carbons (Fsp3) is 0.625. The summed E-state index contributed by atoms with van der Waals surface area (Å²) in [6, 6.07) is 3.44. The second-order valence-electron chi connectivity index (χ2n) is 6.61. The average molecular weight is 353 g/mol. The van der Waals surface area contributed by atoms with Gasteiger partial charge >= 0.3 is 0 Å². The number of ether oxygens (including phenoxy) is 1. The number of aromatic nitrogens is 1. The van der Waals surface area contributed by atoms with Crippen molar-refractivity contribution >= 4 is 15.9 Å². The van der Waals surface area contributed by atoms with E-state index < -0.39 is 15.6 Å². The van der Waals surface area contributed by atoms with E-state index in [1.807, 2.05) is 0 Å². The Bertz CT molecular complexity index is 695. The molecule has 132 valence electrons. The molecule has 0 aromatic carbocycles. The van der Waals surface area contributed by atoms with E-state index in [2.05, 4.69) is 10.3 Å². The Morgan fingerprint density at radius 2 is 2.33 bits per heavy atom. The van der Waals surface area contributed by atoms with Gasteiger partial charge in [-0.2, -0.15) is 4.31 Å². The van der Waals surface area contributed by atoms with Gasteiger partial charge in [0, 0.05) is 32.0 Å². The average Bonchev–Trinajstić information content (AvgIpc) is 2.97. The standard InChI is InChI=1S/C16H23N3O4S/c1-24(21,22)19-9-7-16(12-19)6-2-5-14(23-16)11-18-15(20)13-4-3-8-17-10-13/h3-4,8,10,14H,2,5-7,9,11-12H2,1H3,(H,18,20)/t14-,16-/m1/s1. The number of carbonyl (C=O) groups excluding carboxylic acids is 1. The lowest BCUT2D eigenvalue weighted by Gasteiger charge is -2.38. The van der Waals surface area contributed by atoms with Crippen LogP contribution >= 0.6 is 0 Å². The topological polar surface area (TPSA) is 88.6 Å². The van der Waals surface area contributed by atoms with Gasteiger partial charge in [0.05, 0.1) is 23.5 Å². The van der Waals surface area contributed by atoms with Gasteiger partial charge in [0.1, 0.15) is 0 Å². The van der Waals surface area contributed by atoms with E-state index in [9.17, 15) is 13.2 Å². The molecular formula is C16H23N3O4S. The SMILES string of the molecule is CS(=O)(=O)N1CC[C@]2(CCC[C@H](CNC(=O)c3cccnc3)O2)C1. The van der Waals surface area contributed by atoms with Gasteiger partial charge in [0.25, 0.3) is 5.91 Å². The van der Waals surface area contributed by atoms with Crippen molar-refractivity contribution in [1.82, 2.24) is 14.6 Å². The molecule has 1 amide bonds. The Balaban J connectivity index is 1.56. The number of rotatable bonds is 4. The van der Waals surface area contributed by atoms with Crippen LogP contribution in [0.2, 0.25) is 0 Å². The number of nitrogens with one attached hydrogen (secondary N) is 1. The first-order valence-corrected chi connectivity index (χ1v) is 10.0. The van der Waals surface area contributed by atoms with Gasteiger partial charge < -0.3 is 10.1 Å². The highest BCUT2D eigenvalue weighted by molar-refractivity contribution is 7.88. The predicted octanol–water partition coefficient (Wildman–Crippen LogP) is 0.785. The first kappa shape index (κ1) is 17.3. The van der Waals surface area contributed by atoms with Crippen LogP contribution in [0.4, 0.5) is 0 Å². The maximum atomic E-state index is 12.1. The third-order valence-electron chi connectivity index (χ3n) is 4.74. The minimum Gasteiger partial charge on any atom is -0.369 e. The van der Waals surface area contributed by atoms with Crippen molar-refractivity contribution in [3.63, 3.8) is 0 Å². The lowest BCUT2D eigenvalue weighted by Crippen LogP contribution is -2.47. The smallest absolute Gasteiger partial charge is 0.252 e. The quantitative estimate of drug-likeness (QED) is 0.864. The third kappa shape index (κ3) is 3.93. The fourth-order valence-electron chi connectivity index (χ4n) is 3.46. The number of hydrogen-bond donors (Lipinski definition) is 1. The van der Waals surface area contributed by atoms with E-state index in [4.69, 9.17) is 4.74 Å². The summed E-state index contributed by atoms with van der Waals surface area (Å²) in [5.74, 6) is -0.171. The number of sulfonamides is 1. The number of amides is 1. The summed E-state index contributed by atoms with van der Waals surface area (Å²) in [4.78, 5) is 16.0. The lowest BCUT2D eigenvalue weighted by molar-refractivity contribution is -0.116. The van der Waals surface area contributed by atoms with E-state index in [1.165, 1.54) is 16.8 Å². The molecule has 0 aliphatic carbocycles. The Morgan fingerprint density at radius 1 is 1.50 bits per heavy atom. The van der Waals surface area contributed by atoms with Crippen LogP contribution in [0, 0.1) is 0 Å². The maximum absolute atomic E-state index is 12.1. The zero-order valence-corrected chi connectivity index (χ0v) is 14.6. The molecule has 7 nitrogen and oxygen atoms in total. The van der Waals surface area contributed by atoms with E-state index in [0.29, 0.717) is 31.6 Å². The molecule has 3 heterocycles. The molecule has 1 N–H and O–H groups in total. The Hall–Kier alpha value is -1.51. The minimum atomic E-state index is -3.18. The van der Waals surface area contributed by atoms with Gasteiger partial charge in [-0.3, -0.25) is 9.78 Å². The number of carbonyl (C=O) groups is 1. The van der Waals surface area contributed by atoms with Gasteiger partial charge in [0.15, 0.2) is 0 Å². The molecule has 2 atom stereocenters. The van der Waals surface area contributed by atoms with Crippen molar-refractivity contribution in [3.8, 4) is 0 Å². The van der Waals surface area contributed by atoms with Crippen molar-refractivity contribution in [2.45, 2.75) is 37.4 Å². The summed E-state index contributed by atoms with van der Waals surface area (Å²) in [6.07, 6.45) is 7.73. The predicted molar refractivity (Wildman–Crippen MR) is 89.1 cm³/mol. The van der Waals surface area contributed by atoms with E-state index in [-0.39, 0.29) is 12.0 Å². The van der Waals surface area contributed by atoms with Crippen LogP contribution < -0.4 is 5.32 Å². The molecule has 1 aromatic rings. The molecule has 2 fully saturated rings. The molecular weight excluding hydrogens is 330 g/mol. The van der Waals surface area contributed by atoms with Crippen LogP contribution in [0.25, 0.3) is 0 Å². The molecule has 0 unspecified atom stereocenters. The molecule has 2 aliphatic rings. The van der Waals surface area contributed by atoms with Crippen molar-refractivity contribution in [1.29, 1.82) is 0 Å². The second kappa shape index (κ2) is 6.78. The largest absolute Gasteiger partial charge is 0.369 e. The van der Waals surface area contributed by atoms with Gasteiger partial charge in [-0.15, -0.1) is 0 Å². The molecule has 2 aliphatic heterocycles. The van der Waals surface area contributed by atoms with Crippen LogP contribution in [-0.4, -0.2) is 61.2 Å². The molecule has 24 heavy (non-hydrogen) atoms. The van der Waals surface area contributed by atoms with Crippen LogP contribution in [0.5, 0.6) is 0 Å². The maximum Gasteiger partial charge on any atom is 0.252 e. The zero-order chi connectivity index (χ0) is 17.2. The van der Waals surface area contributed by atoms with Gasteiger partial charge in [-0.25, -0.2) is 8.42 Å². The highest BCUT2D eigenvalue weighted by Gasteiger charge is 2.45. The molecule has 0 saturated carbocycles. The van der Waals surface area contributed by atoms with Crippen molar-refractivity contribution < 1.29 is 17.9 Å². The molecule has 3 rings (SSSR count). The van der Waals surface area contributed by atoms with E-state index >= 15 is 0 Å². The Labute approximate surface area is 142 Å². The first-order valence-electron chi connectivity index (χ1n) is 8.19. The van der Waals surface area contributed by atoms with Crippen LogP contribution in [0.3, 0.4) is 0 Å². The Morgan fingerprint density at radius 3 is 3.00 bits per heavy atom. The van der Waals surface area contributed by atoms with Crippen LogP contribution in [0.1, 0.15) is 36.0 Å². The molecule has 0 bridgehead atoms. The summed E-state index contributed by atoms with van der Waals surface area (Å²) >= 11 is 0. The molecule has 8 heteroatoms. The van der Waals surface area contributed by atoms with Crippen molar-refractivity contribution in [2.24, 2.45) is 0 Å². The summed E-state index contributed by atoms with van der Waals surface area (Å²) in [6.45, 7) is 1.35.